The Kier molecular flexibility index (Phi) is 6.10. The van der Waals surface area contributed by atoms with E-state index in [9.17, 15) is 4.39 Å². The fourth-order valence-corrected chi connectivity index (χ4v) is 4.50. The van der Waals surface area contributed by atoms with Crippen LogP contribution in [-0.4, -0.2) is 53.0 Å². The fourth-order valence-electron chi connectivity index (χ4n) is 3.20. The van der Waals surface area contributed by atoms with Gasteiger partial charge in [-0.2, -0.15) is 0 Å². The fraction of sp³-hybridized carbons (Fsp3) is 0.700. The van der Waals surface area contributed by atoms with E-state index in [4.69, 9.17) is 23.4 Å². The summed E-state index contributed by atoms with van der Waals surface area (Å²) in [7, 11) is -0.722. The average Bonchev–Trinajstić information content (AvgIpc) is 2.61. The van der Waals surface area contributed by atoms with Crippen LogP contribution >= 0.6 is 0 Å². The van der Waals surface area contributed by atoms with Gasteiger partial charge in [-0.25, -0.2) is 4.39 Å². The normalized spacial score (nSPS) is 34.9. The molecule has 0 amide bonds. The summed E-state index contributed by atoms with van der Waals surface area (Å²) in [6, 6.07) is 9.86. The number of fused-ring (bicyclic) bond motifs is 1. The van der Waals surface area contributed by atoms with E-state index in [2.05, 4.69) is 33.9 Å². The van der Waals surface area contributed by atoms with Crippen molar-refractivity contribution in [3.05, 3.63) is 35.9 Å². The molecule has 0 radical (unpaired) electrons. The Hall–Kier alpha value is -0.833. The summed E-state index contributed by atoms with van der Waals surface area (Å²) in [6.07, 6.45) is -4.70. The van der Waals surface area contributed by atoms with Gasteiger partial charge < -0.3 is 23.4 Å². The molecule has 0 aromatic heterocycles. The molecule has 2 aliphatic heterocycles. The Labute approximate surface area is 162 Å². The van der Waals surface area contributed by atoms with Crippen LogP contribution in [0.3, 0.4) is 0 Å². The van der Waals surface area contributed by atoms with Gasteiger partial charge in [0, 0.05) is 7.11 Å². The number of hydrogen-bond acceptors (Lipinski definition) is 5. The highest BCUT2D eigenvalue weighted by molar-refractivity contribution is 6.74. The van der Waals surface area contributed by atoms with Crippen LogP contribution in [0.15, 0.2) is 30.3 Å². The second-order valence-corrected chi connectivity index (χ2v) is 13.5. The third kappa shape index (κ3) is 4.28. The SMILES string of the molecule is CO[C@H]1C(F)O[C@@H]2OC[C@H](c3ccccc3)O[C@H]2[C@@H]1O[Si](C)(C)C(C)(C)C. The molecule has 0 N–H and O–H groups in total. The molecule has 0 aliphatic carbocycles. The predicted molar refractivity (Wildman–Crippen MR) is 103 cm³/mol. The molecule has 1 aromatic rings. The third-order valence-electron chi connectivity index (χ3n) is 5.85. The van der Waals surface area contributed by atoms with Gasteiger partial charge in [0.15, 0.2) is 14.6 Å². The second kappa shape index (κ2) is 7.89. The van der Waals surface area contributed by atoms with E-state index < -0.39 is 39.3 Å². The van der Waals surface area contributed by atoms with Crippen molar-refractivity contribution in [3.8, 4) is 0 Å². The molecule has 6 atom stereocenters. The Morgan fingerprint density at radius 2 is 1.74 bits per heavy atom. The number of hydrogen-bond donors (Lipinski definition) is 0. The van der Waals surface area contributed by atoms with Crippen LogP contribution in [0.25, 0.3) is 0 Å². The molecule has 27 heavy (non-hydrogen) atoms. The number of methoxy groups -OCH3 is 1. The first-order chi connectivity index (χ1) is 12.6. The molecule has 2 heterocycles. The van der Waals surface area contributed by atoms with E-state index in [0.29, 0.717) is 6.61 Å². The molecule has 152 valence electrons. The van der Waals surface area contributed by atoms with Crippen LogP contribution in [0.4, 0.5) is 4.39 Å². The summed E-state index contributed by atoms with van der Waals surface area (Å²) in [6.45, 7) is 11.0. The lowest BCUT2D eigenvalue weighted by Gasteiger charge is -2.50. The van der Waals surface area contributed by atoms with Gasteiger partial charge in [-0.3, -0.25) is 0 Å². The van der Waals surface area contributed by atoms with Crippen molar-refractivity contribution in [2.24, 2.45) is 0 Å². The van der Waals surface area contributed by atoms with Crippen molar-refractivity contribution in [1.29, 1.82) is 0 Å². The quantitative estimate of drug-likeness (QED) is 0.712. The van der Waals surface area contributed by atoms with E-state index in [1.165, 1.54) is 7.11 Å². The lowest BCUT2D eigenvalue weighted by Crippen LogP contribution is -2.64. The predicted octanol–water partition coefficient (Wildman–Crippen LogP) is 4.20. The standard InChI is InChI=1S/C20H31FO5Si/c1-20(2,3)27(5,6)26-15-16(22-4)18(21)25-19-17(15)24-14(12-23-19)13-10-8-7-9-11-13/h7-11,14-19H,12H2,1-6H3/t14-,15-,16-,17+,18?,19+/m1/s1. The van der Waals surface area contributed by atoms with Gasteiger partial charge in [-0.1, -0.05) is 51.1 Å². The first-order valence-electron chi connectivity index (χ1n) is 9.46. The van der Waals surface area contributed by atoms with Crippen LogP contribution in [0.1, 0.15) is 32.4 Å². The molecule has 2 fully saturated rings. The first-order valence-corrected chi connectivity index (χ1v) is 12.4. The smallest absolute Gasteiger partial charge is 0.230 e. The maximum atomic E-state index is 14.6. The summed E-state index contributed by atoms with van der Waals surface area (Å²) in [5.41, 5.74) is 1.01. The molecular formula is C20H31FO5Si. The molecular weight excluding hydrogens is 367 g/mol. The van der Waals surface area contributed by atoms with Crippen LogP contribution in [0.2, 0.25) is 18.1 Å². The van der Waals surface area contributed by atoms with E-state index in [-0.39, 0.29) is 11.1 Å². The van der Waals surface area contributed by atoms with Crippen molar-refractivity contribution in [2.75, 3.05) is 13.7 Å². The Morgan fingerprint density at radius 3 is 2.33 bits per heavy atom. The van der Waals surface area contributed by atoms with Crippen molar-refractivity contribution in [1.82, 2.24) is 0 Å². The summed E-state index contributed by atoms with van der Waals surface area (Å²) < 4.78 is 44.2. The zero-order chi connectivity index (χ0) is 19.8. The first kappa shape index (κ1) is 20.9. The number of rotatable bonds is 4. The van der Waals surface area contributed by atoms with Crippen LogP contribution in [0.5, 0.6) is 0 Å². The highest BCUT2D eigenvalue weighted by atomic mass is 28.4. The van der Waals surface area contributed by atoms with Gasteiger partial charge in [-0.15, -0.1) is 0 Å². The Bertz CT molecular complexity index is 621. The van der Waals surface area contributed by atoms with Crippen LogP contribution in [-0.2, 0) is 23.4 Å². The van der Waals surface area contributed by atoms with Crippen molar-refractivity contribution < 1.29 is 27.8 Å². The summed E-state index contributed by atoms with van der Waals surface area (Å²) in [4.78, 5) is 0. The minimum absolute atomic E-state index is 0.0285. The molecule has 0 spiro atoms. The highest BCUT2D eigenvalue weighted by Gasteiger charge is 2.54. The molecule has 0 bridgehead atoms. The zero-order valence-corrected chi connectivity index (χ0v) is 18.0. The topological polar surface area (TPSA) is 46.2 Å². The summed E-state index contributed by atoms with van der Waals surface area (Å²) in [5.74, 6) is 0. The largest absolute Gasteiger partial charge is 0.408 e. The van der Waals surface area contributed by atoms with Crippen LogP contribution in [0, 0.1) is 0 Å². The minimum atomic E-state index is -2.20. The van der Waals surface area contributed by atoms with Crippen molar-refractivity contribution in [2.45, 2.75) is 76.0 Å². The second-order valence-electron chi connectivity index (χ2n) is 8.73. The lowest BCUT2D eigenvalue weighted by atomic mass is 10.0. The third-order valence-corrected chi connectivity index (χ3v) is 10.3. The molecule has 0 saturated carbocycles. The number of ether oxygens (including phenoxy) is 4. The molecule has 3 rings (SSSR count). The van der Waals surface area contributed by atoms with E-state index >= 15 is 0 Å². The minimum Gasteiger partial charge on any atom is -0.408 e. The Morgan fingerprint density at radius 1 is 1.07 bits per heavy atom. The molecule has 5 nitrogen and oxygen atoms in total. The highest BCUT2D eigenvalue weighted by Crippen LogP contribution is 2.42. The van der Waals surface area contributed by atoms with Gasteiger partial charge in [0.05, 0.1) is 6.61 Å². The van der Waals surface area contributed by atoms with Gasteiger partial charge in [-0.05, 0) is 23.7 Å². The molecule has 2 aliphatic rings. The monoisotopic (exact) mass is 398 g/mol. The average molecular weight is 399 g/mol. The maximum Gasteiger partial charge on any atom is 0.230 e. The number of halogens is 1. The number of alkyl halides is 1. The number of benzene rings is 1. The van der Waals surface area contributed by atoms with Gasteiger partial charge in [0.1, 0.15) is 24.4 Å². The van der Waals surface area contributed by atoms with Crippen LogP contribution < -0.4 is 0 Å². The van der Waals surface area contributed by atoms with Crippen molar-refractivity contribution >= 4 is 8.32 Å². The van der Waals surface area contributed by atoms with Gasteiger partial charge in [0.2, 0.25) is 6.36 Å². The zero-order valence-electron chi connectivity index (χ0n) is 17.0. The van der Waals surface area contributed by atoms with Gasteiger partial charge >= 0.3 is 0 Å². The maximum absolute atomic E-state index is 14.6. The summed E-state index contributed by atoms with van der Waals surface area (Å²) in [5, 5.41) is -0.0285. The van der Waals surface area contributed by atoms with Gasteiger partial charge in [0.25, 0.3) is 0 Å². The van der Waals surface area contributed by atoms with E-state index in [0.717, 1.165) is 5.56 Å². The van der Waals surface area contributed by atoms with Crippen molar-refractivity contribution in [3.63, 3.8) is 0 Å². The molecule has 1 unspecified atom stereocenters. The summed E-state index contributed by atoms with van der Waals surface area (Å²) >= 11 is 0. The van der Waals surface area contributed by atoms with E-state index in [1.54, 1.807) is 0 Å². The Balaban J connectivity index is 1.87. The molecule has 1 aromatic carbocycles. The molecule has 2 saturated heterocycles. The lowest BCUT2D eigenvalue weighted by molar-refractivity contribution is -0.365. The van der Waals surface area contributed by atoms with E-state index in [1.807, 2.05) is 30.3 Å². The molecule has 7 heteroatoms.